The molecule has 1 atom stereocenters. The van der Waals surface area contributed by atoms with Gasteiger partial charge >= 0.3 is 11.9 Å². The molecule has 0 saturated heterocycles. The van der Waals surface area contributed by atoms with E-state index in [9.17, 15) is 9.59 Å². The summed E-state index contributed by atoms with van der Waals surface area (Å²) in [6, 6.07) is -1.01. The average Bonchev–Trinajstić information content (AvgIpc) is 2.98. The lowest BCUT2D eigenvalue weighted by Gasteiger charge is -2.08. The maximum atomic E-state index is 11.8. The molecule has 0 radical (unpaired) electrons. The number of ether oxygens (including phenoxy) is 2. The zero-order valence-electron chi connectivity index (χ0n) is 13.3. The van der Waals surface area contributed by atoms with E-state index in [0.29, 0.717) is 0 Å². The molecule has 0 amide bonds. The molecule has 0 fully saturated rings. The number of aromatic nitrogens is 4. The summed E-state index contributed by atoms with van der Waals surface area (Å²) in [5, 5.41) is 0. The fraction of sp³-hybridized carbons (Fsp3) is 0.385. The summed E-state index contributed by atoms with van der Waals surface area (Å²) in [7, 11) is 3.32. The first-order valence-corrected chi connectivity index (χ1v) is 7.02. The highest BCUT2D eigenvalue weighted by atomic mass is 16.5. The van der Waals surface area contributed by atoms with E-state index in [1.54, 1.807) is 14.1 Å². The van der Waals surface area contributed by atoms with Gasteiger partial charge < -0.3 is 35.8 Å². The van der Waals surface area contributed by atoms with Crippen LogP contribution in [0.3, 0.4) is 0 Å². The molecule has 0 spiro atoms. The van der Waals surface area contributed by atoms with E-state index in [0.717, 1.165) is 0 Å². The van der Waals surface area contributed by atoms with Crippen molar-refractivity contribution < 1.29 is 19.1 Å². The zero-order chi connectivity index (χ0) is 17.9. The summed E-state index contributed by atoms with van der Waals surface area (Å²) in [5.74, 6) is -0.763. The summed E-state index contributed by atoms with van der Waals surface area (Å²) in [6.07, 6.45) is 2.87. The zero-order valence-corrected chi connectivity index (χ0v) is 13.3. The molecule has 6 N–H and O–H groups in total. The van der Waals surface area contributed by atoms with Crippen molar-refractivity contribution in [2.75, 3.05) is 11.5 Å². The highest BCUT2D eigenvalue weighted by Gasteiger charge is 2.20. The smallest absolute Gasteiger partial charge is 0.329 e. The van der Waals surface area contributed by atoms with Crippen LogP contribution < -0.4 is 26.7 Å². The molecule has 0 aliphatic carbocycles. The molecule has 0 aliphatic rings. The van der Waals surface area contributed by atoms with Gasteiger partial charge in [0.05, 0.1) is 12.4 Å². The fourth-order valence-electron chi connectivity index (χ4n) is 1.74. The van der Waals surface area contributed by atoms with Crippen molar-refractivity contribution in [3.8, 4) is 11.8 Å². The Hall–Kier alpha value is -3.08. The Balaban J connectivity index is 1.79. The summed E-state index contributed by atoms with van der Waals surface area (Å²) >= 11 is 0. The lowest BCUT2D eigenvalue weighted by atomic mass is 10.2. The first kappa shape index (κ1) is 17.3. The minimum absolute atomic E-state index is 0.0435. The maximum Gasteiger partial charge on any atom is 0.329 e. The van der Waals surface area contributed by atoms with E-state index in [1.807, 2.05) is 0 Å². The molecule has 0 aliphatic heterocycles. The minimum Gasteiger partial charge on any atom is -0.406 e. The van der Waals surface area contributed by atoms with Gasteiger partial charge in [0.1, 0.15) is 6.04 Å². The second-order valence-electron chi connectivity index (χ2n) is 5.14. The molecule has 0 bridgehead atoms. The Kier molecular flexibility index (Phi) is 5.04. The van der Waals surface area contributed by atoms with Crippen LogP contribution in [0.1, 0.15) is 12.8 Å². The van der Waals surface area contributed by atoms with Gasteiger partial charge in [-0.3, -0.25) is 4.79 Å². The predicted molar refractivity (Wildman–Crippen MR) is 83.7 cm³/mol. The van der Waals surface area contributed by atoms with E-state index in [1.165, 1.54) is 21.5 Å². The van der Waals surface area contributed by atoms with E-state index in [4.69, 9.17) is 26.7 Å². The number of imidazole rings is 2. The van der Waals surface area contributed by atoms with Gasteiger partial charge in [0.2, 0.25) is 23.7 Å². The van der Waals surface area contributed by atoms with Crippen molar-refractivity contribution >= 4 is 23.8 Å². The van der Waals surface area contributed by atoms with E-state index in [-0.39, 0.29) is 36.5 Å². The quantitative estimate of drug-likeness (QED) is 0.556. The number of rotatable bonds is 6. The van der Waals surface area contributed by atoms with Crippen molar-refractivity contribution in [1.82, 2.24) is 19.1 Å². The average molecular weight is 337 g/mol. The number of nitrogen functional groups attached to an aromatic ring is 2. The van der Waals surface area contributed by atoms with Gasteiger partial charge in [-0.2, -0.15) is 9.97 Å². The van der Waals surface area contributed by atoms with E-state index < -0.39 is 18.0 Å². The van der Waals surface area contributed by atoms with E-state index in [2.05, 4.69) is 9.97 Å². The number of nitrogens with two attached hydrogens (primary N) is 3. The number of nitrogens with zero attached hydrogens (tertiary/aromatic N) is 4. The van der Waals surface area contributed by atoms with Gasteiger partial charge in [0, 0.05) is 20.5 Å². The largest absolute Gasteiger partial charge is 0.406 e. The Morgan fingerprint density at radius 3 is 2.04 bits per heavy atom. The highest BCUT2D eigenvalue weighted by molar-refractivity contribution is 5.79. The van der Waals surface area contributed by atoms with Gasteiger partial charge in [0.25, 0.3) is 0 Å². The van der Waals surface area contributed by atoms with Crippen molar-refractivity contribution in [2.24, 2.45) is 19.8 Å². The van der Waals surface area contributed by atoms with Crippen LogP contribution in [0.4, 0.5) is 11.9 Å². The number of anilines is 2. The highest BCUT2D eigenvalue weighted by Crippen LogP contribution is 2.13. The maximum absolute atomic E-state index is 11.8. The Labute approximate surface area is 137 Å². The first-order valence-electron chi connectivity index (χ1n) is 7.02. The number of carbonyl (C=O) groups excluding carboxylic acids is 2. The van der Waals surface area contributed by atoms with Crippen LogP contribution in [0.15, 0.2) is 12.4 Å². The number of hydrogen-bond donors (Lipinski definition) is 3. The third-order valence-electron chi connectivity index (χ3n) is 3.17. The summed E-state index contributed by atoms with van der Waals surface area (Å²) in [5.41, 5.74) is 16.7. The van der Waals surface area contributed by atoms with Gasteiger partial charge in [-0.15, -0.1) is 0 Å². The normalized spacial score (nSPS) is 12.0. The second kappa shape index (κ2) is 7.00. The van der Waals surface area contributed by atoms with Gasteiger partial charge in [-0.1, -0.05) is 0 Å². The van der Waals surface area contributed by atoms with Crippen LogP contribution in [0.2, 0.25) is 0 Å². The monoisotopic (exact) mass is 337 g/mol. The fourth-order valence-corrected chi connectivity index (χ4v) is 1.74. The predicted octanol–water partition coefficient (Wildman–Crippen LogP) is -1.06. The Morgan fingerprint density at radius 2 is 1.58 bits per heavy atom. The molecule has 0 unspecified atom stereocenters. The molecule has 24 heavy (non-hydrogen) atoms. The number of aryl methyl sites for hydroxylation is 2. The van der Waals surface area contributed by atoms with Crippen molar-refractivity contribution in [1.29, 1.82) is 0 Å². The number of carbonyl (C=O) groups is 2. The molecule has 2 aromatic heterocycles. The summed E-state index contributed by atoms with van der Waals surface area (Å²) in [6.45, 7) is 0. The Bertz CT molecular complexity index is 713. The van der Waals surface area contributed by atoms with Crippen molar-refractivity contribution in [3.05, 3.63) is 12.4 Å². The van der Waals surface area contributed by atoms with Crippen LogP contribution in [0.5, 0.6) is 11.8 Å². The molecular weight excluding hydrogens is 318 g/mol. The summed E-state index contributed by atoms with van der Waals surface area (Å²) in [4.78, 5) is 31.2. The number of hydrogen-bond acceptors (Lipinski definition) is 9. The van der Waals surface area contributed by atoms with Crippen molar-refractivity contribution in [2.45, 2.75) is 18.9 Å². The second-order valence-corrected chi connectivity index (χ2v) is 5.14. The molecule has 0 saturated carbocycles. The number of esters is 2. The van der Waals surface area contributed by atoms with Crippen LogP contribution in [0.25, 0.3) is 0 Å². The van der Waals surface area contributed by atoms with Crippen LogP contribution in [-0.2, 0) is 23.7 Å². The molecule has 11 nitrogen and oxygen atoms in total. The lowest BCUT2D eigenvalue weighted by molar-refractivity contribution is -0.137. The molecule has 11 heteroatoms. The molecule has 2 aromatic rings. The standard InChI is InChI=1S/C13H19N7O4/c1-19-5-8(17-12(19)15)23-10(21)4-3-7(14)11(22)24-9-6-20(2)13(16)18-9/h5-7H,3-4,14H2,1-2H3,(H2,15,17)(H2,16,18)/t7-/m0/s1. The molecular formula is C13H19N7O4. The SMILES string of the molecule is Cn1cc(OC(=O)CC[C@H](N)C(=O)Oc2cn(C)c(N)n2)nc1N. The first-order chi connectivity index (χ1) is 11.3. The van der Waals surface area contributed by atoms with Crippen LogP contribution in [0, 0.1) is 0 Å². The Morgan fingerprint density at radius 1 is 1.08 bits per heavy atom. The topological polar surface area (TPSA) is 166 Å². The molecule has 130 valence electrons. The molecule has 0 aromatic carbocycles. The minimum atomic E-state index is -1.01. The summed E-state index contributed by atoms with van der Waals surface area (Å²) < 4.78 is 13.0. The van der Waals surface area contributed by atoms with Crippen LogP contribution >= 0.6 is 0 Å². The van der Waals surface area contributed by atoms with E-state index >= 15 is 0 Å². The third-order valence-corrected chi connectivity index (χ3v) is 3.17. The van der Waals surface area contributed by atoms with Gasteiger partial charge in [0.15, 0.2) is 0 Å². The van der Waals surface area contributed by atoms with Gasteiger partial charge in [-0.25, -0.2) is 4.79 Å². The lowest BCUT2D eigenvalue weighted by Crippen LogP contribution is -2.35. The molecule has 2 rings (SSSR count). The van der Waals surface area contributed by atoms with Crippen LogP contribution in [-0.4, -0.2) is 37.1 Å². The third kappa shape index (κ3) is 4.23. The van der Waals surface area contributed by atoms with Crippen molar-refractivity contribution in [3.63, 3.8) is 0 Å². The van der Waals surface area contributed by atoms with Gasteiger partial charge in [-0.05, 0) is 6.42 Å². The molecule has 2 heterocycles.